The average Bonchev–Trinajstić information content (AvgIpc) is 3.66. The molecule has 0 aliphatic heterocycles. The van der Waals surface area contributed by atoms with Crippen LogP contribution in [0, 0.1) is 0 Å². The van der Waals surface area contributed by atoms with Crippen LogP contribution in [-0.2, 0) is 0 Å². The highest BCUT2D eigenvalue weighted by molar-refractivity contribution is 6.70. The smallest absolute Gasteiger partial charge is 0.164 e. The predicted octanol–water partition coefficient (Wildman–Crippen LogP) is -0.163. The van der Waals surface area contributed by atoms with E-state index in [0.29, 0.717) is 16.7 Å². The summed E-state index contributed by atoms with van der Waals surface area (Å²) in [6.45, 7) is 0. The zero-order valence-corrected chi connectivity index (χ0v) is 31.3. The summed E-state index contributed by atoms with van der Waals surface area (Å²) in [4.78, 5) is 14.6. The minimum atomic E-state index is 0.00701. The maximum absolute atomic E-state index is 6.72. The molecule has 0 spiro atoms. The van der Waals surface area contributed by atoms with Gasteiger partial charge in [-0.1, -0.05) is 113 Å². The largest absolute Gasteiger partial charge is 0.455 e. The summed E-state index contributed by atoms with van der Waals surface area (Å²) >= 11 is 0. The maximum Gasteiger partial charge on any atom is 0.164 e. The lowest BCUT2D eigenvalue weighted by atomic mass is 9.60. The lowest BCUT2D eigenvalue weighted by Crippen LogP contribution is -2.55. The normalized spacial score (nSPS) is 11.7. The van der Waals surface area contributed by atoms with Crippen molar-refractivity contribution in [2.24, 2.45) is 0 Å². The first kappa shape index (κ1) is 37.3. The van der Waals surface area contributed by atoms with Crippen LogP contribution in [0.3, 0.4) is 0 Å². The number of aromatic nitrogens is 3. The van der Waals surface area contributed by atoms with E-state index >= 15 is 0 Å². The molecule has 4 nitrogen and oxygen atoms in total. The summed E-state index contributed by atoms with van der Waals surface area (Å²) in [5.74, 6) is 0.202. The quantitative estimate of drug-likeness (QED) is 0.187. The zero-order valence-electron chi connectivity index (χ0n) is 31.3. The van der Waals surface area contributed by atoms with Crippen LogP contribution in [0.4, 0.5) is 0 Å². The highest BCUT2D eigenvalue weighted by atomic mass is 16.3. The van der Waals surface area contributed by atoms with Crippen LogP contribution in [0.1, 0.15) is 0 Å². The third-order valence-electron chi connectivity index (χ3n) is 11.3. The molecule has 14 heteroatoms. The number of benzene rings is 8. The van der Waals surface area contributed by atoms with E-state index in [1.165, 1.54) is 26.9 Å². The molecule has 8 aromatic carbocycles. The van der Waals surface area contributed by atoms with Gasteiger partial charge in [-0.2, -0.15) is 0 Å². The van der Waals surface area contributed by atoms with Gasteiger partial charge in [0.15, 0.2) is 17.5 Å². The topological polar surface area (TPSA) is 51.8 Å². The molecule has 0 unspecified atom stereocenters. The molecule has 2 heterocycles. The van der Waals surface area contributed by atoms with Crippen LogP contribution >= 0.6 is 0 Å². The Bertz CT molecular complexity index is 3300. The SMILES string of the molecule is [B]c1c([B])c([B])c(-c2nc(-c3c([B])c([B])c([B])c([B])c3[B])nc(-c3cccc4oc5c(-c6ccc7c8ccccc8c8ccccc8c7c6)cccc5c34)n2)c([B])c1[B]. The molecular weight excluding hydrogens is 707 g/mol. The molecule has 0 aliphatic rings. The van der Waals surface area contributed by atoms with Crippen molar-refractivity contribution in [1.29, 1.82) is 0 Å². The van der Waals surface area contributed by atoms with Crippen LogP contribution in [-0.4, -0.2) is 93.4 Å². The zero-order chi connectivity index (χ0) is 41.0. The highest BCUT2D eigenvalue weighted by Crippen LogP contribution is 2.42. The molecule has 248 valence electrons. The first-order valence-electron chi connectivity index (χ1n) is 18.5. The summed E-state index contributed by atoms with van der Waals surface area (Å²) in [5.41, 5.74) is 4.20. The monoisotopic (exact) mass is 725 g/mol. The fraction of sp³-hybridized carbons (Fsp3) is 0. The van der Waals surface area contributed by atoms with E-state index in [-0.39, 0.29) is 83.2 Å². The summed E-state index contributed by atoms with van der Waals surface area (Å²) < 4.78 is 6.72. The van der Waals surface area contributed by atoms with E-state index in [1.54, 1.807) is 0 Å². The van der Waals surface area contributed by atoms with Crippen molar-refractivity contribution in [2.75, 3.05) is 0 Å². The minimum absolute atomic E-state index is 0.00701. The van der Waals surface area contributed by atoms with E-state index in [9.17, 15) is 0 Å². The molecule has 2 aromatic heterocycles. The third-order valence-corrected chi connectivity index (χ3v) is 11.3. The third kappa shape index (κ3) is 5.55. The van der Waals surface area contributed by atoms with Crippen molar-refractivity contribution < 1.29 is 4.42 Å². The van der Waals surface area contributed by atoms with Crippen LogP contribution in [0.5, 0.6) is 0 Å². The first-order chi connectivity index (χ1) is 28.4. The number of nitrogens with zero attached hydrogens (tertiary/aromatic N) is 3. The average molecular weight is 724 g/mol. The van der Waals surface area contributed by atoms with E-state index in [1.807, 2.05) is 30.3 Å². The Hall–Kier alpha value is -6.00. The van der Waals surface area contributed by atoms with Gasteiger partial charge >= 0.3 is 0 Å². The van der Waals surface area contributed by atoms with E-state index in [0.717, 1.165) is 27.3 Å². The van der Waals surface area contributed by atoms with Gasteiger partial charge in [0.2, 0.25) is 0 Å². The molecule has 0 fully saturated rings. The van der Waals surface area contributed by atoms with Crippen molar-refractivity contribution in [2.45, 2.75) is 0 Å². The Balaban J connectivity index is 1.24. The second-order valence-electron chi connectivity index (χ2n) is 14.5. The van der Waals surface area contributed by atoms with Crippen molar-refractivity contribution in [3.05, 3.63) is 103 Å². The molecule has 59 heavy (non-hydrogen) atoms. The summed E-state index contributed by atoms with van der Waals surface area (Å²) in [7, 11) is 63.7. The molecule has 0 bridgehead atoms. The Kier molecular flexibility index (Phi) is 8.72. The Labute approximate surface area is 353 Å². The van der Waals surface area contributed by atoms with Gasteiger partial charge in [0.1, 0.15) is 89.6 Å². The Morgan fingerprint density at radius 2 is 0.746 bits per heavy atom. The lowest BCUT2D eigenvalue weighted by Gasteiger charge is -2.22. The number of hydrogen-bond acceptors (Lipinski definition) is 4. The molecule has 0 atom stereocenters. The van der Waals surface area contributed by atoms with E-state index in [2.05, 4.69) is 72.8 Å². The minimum Gasteiger partial charge on any atom is -0.455 e. The molecule has 10 aromatic rings. The summed E-state index contributed by atoms with van der Waals surface area (Å²) in [6.07, 6.45) is 0. The lowest BCUT2D eigenvalue weighted by molar-refractivity contribution is 0.670. The Morgan fingerprint density at radius 3 is 1.27 bits per heavy atom. The highest BCUT2D eigenvalue weighted by Gasteiger charge is 2.24. The van der Waals surface area contributed by atoms with Crippen molar-refractivity contribution in [1.82, 2.24) is 15.0 Å². The summed E-state index contributed by atoms with van der Waals surface area (Å²) in [5, 5.41) is 8.62. The van der Waals surface area contributed by atoms with Gasteiger partial charge in [-0.15, -0.1) is 32.8 Å². The second-order valence-corrected chi connectivity index (χ2v) is 14.5. The van der Waals surface area contributed by atoms with Gasteiger partial charge in [-0.25, -0.2) is 15.0 Å². The van der Waals surface area contributed by atoms with Gasteiger partial charge in [0, 0.05) is 33.0 Å². The van der Waals surface area contributed by atoms with Crippen LogP contribution < -0.4 is 54.6 Å². The van der Waals surface area contributed by atoms with Gasteiger partial charge in [0.05, 0.1) is 0 Å². The van der Waals surface area contributed by atoms with Gasteiger partial charge in [0.25, 0.3) is 0 Å². The number of para-hydroxylation sites is 1. The first-order valence-corrected chi connectivity index (χ1v) is 18.5. The molecule has 0 saturated heterocycles. The number of hydrogen-bond donors (Lipinski definition) is 0. The van der Waals surface area contributed by atoms with Crippen LogP contribution in [0.25, 0.3) is 99.5 Å². The van der Waals surface area contributed by atoms with Crippen LogP contribution in [0.2, 0.25) is 0 Å². The molecule has 0 amide bonds. The van der Waals surface area contributed by atoms with Gasteiger partial charge in [-0.3, -0.25) is 0 Å². The molecule has 0 N–H and O–H groups in total. The van der Waals surface area contributed by atoms with E-state index in [4.69, 9.17) is 97.8 Å². The second kappa shape index (κ2) is 13.8. The molecule has 0 saturated carbocycles. The summed E-state index contributed by atoms with van der Waals surface area (Å²) in [6, 6.07) is 35.2. The maximum atomic E-state index is 6.72. The molecule has 20 radical (unpaired) electrons. The number of furan rings is 1. The van der Waals surface area contributed by atoms with Crippen molar-refractivity contribution in [3.8, 4) is 45.3 Å². The molecular formula is C45H17B10N3O. The van der Waals surface area contributed by atoms with Gasteiger partial charge < -0.3 is 4.42 Å². The fourth-order valence-electron chi connectivity index (χ4n) is 8.24. The van der Waals surface area contributed by atoms with E-state index < -0.39 is 0 Å². The number of rotatable bonds is 4. The molecule has 0 aliphatic carbocycles. The Morgan fingerprint density at radius 1 is 0.339 bits per heavy atom. The standard InChI is InChI=1S/C45H17B10N3O/c46-32-30(33(47)37(51)40(54)36(32)50)44-56-43(57-45(58-44)31-34(48)38(52)41(55)39(53)35(31)49)26-13-6-14-28-29(26)25-12-5-11-19(42(25)59-28)18-15-16-24-22-9-2-1-7-20(22)21-8-3-4-10-23(21)27(24)17-18/h1-17H. The van der Waals surface area contributed by atoms with Crippen LogP contribution in [0.15, 0.2) is 108 Å². The molecule has 10 rings (SSSR count). The van der Waals surface area contributed by atoms with Gasteiger partial charge in [-0.05, 0) is 50.0 Å². The fourth-order valence-corrected chi connectivity index (χ4v) is 8.24. The van der Waals surface area contributed by atoms with Crippen molar-refractivity contribution in [3.63, 3.8) is 0 Å². The number of fused-ring (bicyclic) bond motifs is 9. The van der Waals surface area contributed by atoms with Crippen molar-refractivity contribution >= 4 is 187 Å². The predicted molar refractivity (Wildman–Crippen MR) is 255 cm³/mol.